The Morgan fingerprint density at radius 3 is 2.52 bits per heavy atom. The van der Waals surface area contributed by atoms with Crippen LogP contribution in [0.3, 0.4) is 0 Å². The first-order chi connectivity index (χ1) is 12.0. The smallest absolute Gasteiger partial charge is 0.338 e. The lowest BCUT2D eigenvalue weighted by atomic mass is 9.95. The number of nitrogens with one attached hydrogen (secondary N) is 2. The fourth-order valence-electron chi connectivity index (χ4n) is 3.50. The third-order valence-corrected chi connectivity index (χ3v) is 4.98. The first-order valence-electron chi connectivity index (χ1n) is 8.63. The molecule has 1 fully saturated rings. The first kappa shape index (κ1) is 17.3. The molecule has 2 N–H and O–H groups in total. The Morgan fingerprint density at radius 2 is 1.92 bits per heavy atom. The molecule has 2 amide bonds. The first-order valence-corrected chi connectivity index (χ1v) is 8.63. The molecule has 25 heavy (non-hydrogen) atoms. The largest absolute Gasteiger partial charge is 0.497 e. The normalized spacial score (nSPS) is 26.0. The van der Waals surface area contributed by atoms with Gasteiger partial charge in [0.1, 0.15) is 11.9 Å². The van der Waals surface area contributed by atoms with Gasteiger partial charge in [-0.3, -0.25) is 0 Å². The fraction of sp³-hybridized carbons (Fsp3) is 0.474. The topological polar surface area (TPSA) is 76.7 Å². The summed E-state index contributed by atoms with van der Waals surface area (Å²) in [5.74, 6) is 0.716. The van der Waals surface area contributed by atoms with Crippen LogP contribution in [-0.2, 0) is 9.53 Å². The summed E-state index contributed by atoms with van der Waals surface area (Å²) >= 11 is 0. The maximum absolute atomic E-state index is 12.8. The van der Waals surface area contributed by atoms with Gasteiger partial charge in [0.2, 0.25) is 0 Å². The summed E-state index contributed by atoms with van der Waals surface area (Å²) in [4.78, 5) is 24.7. The van der Waals surface area contributed by atoms with Gasteiger partial charge in [-0.25, -0.2) is 9.59 Å². The molecule has 2 aliphatic rings. The molecule has 0 saturated heterocycles. The van der Waals surface area contributed by atoms with E-state index in [1.807, 2.05) is 12.1 Å². The van der Waals surface area contributed by atoms with Crippen molar-refractivity contribution in [2.75, 3.05) is 7.11 Å². The number of methoxy groups -OCH3 is 1. The highest BCUT2D eigenvalue weighted by molar-refractivity contribution is 5.95. The van der Waals surface area contributed by atoms with E-state index in [0.717, 1.165) is 24.8 Å². The van der Waals surface area contributed by atoms with E-state index in [0.29, 0.717) is 22.9 Å². The zero-order valence-corrected chi connectivity index (χ0v) is 14.8. The molecular weight excluding hydrogens is 320 g/mol. The van der Waals surface area contributed by atoms with Crippen LogP contribution in [0.15, 0.2) is 35.5 Å². The minimum absolute atomic E-state index is 0.0538. The number of benzene rings is 1. The average molecular weight is 344 g/mol. The van der Waals surface area contributed by atoms with Gasteiger partial charge in [0.05, 0.1) is 18.7 Å². The molecule has 0 aromatic heterocycles. The van der Waals surface area contributed by atoms with Crippen LogP contribution >= 0.6 is 0 Å². The van der Waals surface area contributed by atoms with Crippen LogP contribution in [0.1, 0.15) is 44.7 Å². The number of esters is 1. The van der Waals surface area contributed by atoms with Crippen molar-refractivity contribution >= 4 is 12.0 Å². The summed E-state index contributed by atoms with van der Waals surface area (Å²) in [6.45, 7) is 3.83. The van der Waals surface area contributed by atoms with E-state index in [2.05, 4.69) is 17.6 Å². The van der Waals surface area contributed by atoms with Crippen LogP contribution < -0.4 is 15.4 Å². The SMILES string of the molecule is COc1ccc([C@H]2NC(=O)NC(C)=C2C(=O)O[C@@H]2CCC[C@H]2C)cc1. The maximum atomic E-state index is 12.8. The predicted molar refractivity (Wildman–Crippen MR) is 93.0 cm³/mol. The van der Waals surface area contributed by atoms with Crippen molar-refractivity contribution in [1.82, 2.24) is 10.6 Å². The highest BCUT2D eigenvalue weighted by Gasteiger charge is 2.35. The second-order valence-electron chi connectivity index (χ2n) is 6.70. The second kappa shape index (κ2) is 7.17. The minimum Gasteiger partial charge on any atom is -0.497 e. The summed E-state index contributed by atoms with van der Waals surface area (Å²) in [5, 5.41) is 5.49. The van der Waals surface area contributed by atoms with Crippen molar-refractivity contribution < 1.29 is 19.1 Å². The molecule has 6 heteroatoms. The molecule has 0 radical (unpaired) electrons. The highest BCUT2D eigenvalue weighted by atomic mass is 16.5. The van der Waals surface area contributed by atoms with Gasteiger partial charge in [-0.05, 0) is 49.8 Å². The molecule has 134 valence electrons. The number of rotatable bonds is 4. The zero-order valence-electron chi connectivity index (χ0n) is 14.8. The molecule has 1 aliphatic heterocycles. The third kappa shape index (κ3) is 3.62. The van der Waals surface area contributed by atoms with Crippen molar-refractivity contribution in [1.29, 1.82) is 0 Å². The second-order valence-corrected chi connectivity index (χ2v) is 6.70. The van der Waals surface area contributed by atoms with E-state index in [-0.39, 0.29) is 18.1 Å². The van der Waals surface area contributed by atoms with Gasteiger partial charge >= 0.3 is 12.0 Å². The van der Waals surface area contributed by atoms with Crippen LogP contribution in [0, 0.1) is 5.92 Å². The molecule has 3 atom stereocenters. The van der Waals surface area contributed by atoms with E-state index >= 15 is 0 Å². The van der Waals surface area contributed by atoms with Crippen LogP contribution in [-0.4, -0.2) is 25.2 Å². The Labute approximate surface area is 147 Å². The molecule has 1 heterocycles. The van der Waals surface area contributed by atoms with E-state index in [4.69, 9.17) is 9.47 Å². The number of ether oxygens (including phenoxy) is 2. The molecule has 0 bridgehead atoms. The number of allylic oxidation sites excluding steroid dienone is 1. The summed E-state index contributed by atoms with van der Waals surface area (Å²) in [7, 11) is 1.59. The molecule has 1 aromatic carbocycles. The van der Waals surface area contributed by atoms with Crippen molar-refractivity contribution in [3.05, 3.63) is 41.1 Å². The lowest BCUT2D eigenvalue weighted by Gasteiger charge is -2.29. The predicted octanol–water partition coefficient (Wildman–Crippen LogP) is 3.05. The number of hydrogen-bond acceptors (Lipinski definition) is 4. The Bertz CT molecular complexity index is 696. The molecule has 1 aliphatic carbocycles. The molecule has 3 rings (SSSR count). The Kier molecular flexibility index (Phi) is 4.97. The maximum Gasteiger partial charge on any atom is 0.338 e. The average Bonchev–Trinajstić information content (AvgIpc) is 2.99. The van der Waals surface area contributed by atoms with Gasteiger partial charge < -0.3 is 20.1 Å². The van der Waals surface area contributed by atoms with Crippen molar-refractivity contribution in [2.45, 2.75) is 45.3 Å². The van der Waals surface area contributed by atoms with Gasteiger partial charge in [-0.2, -0.15) is 0 Å². The third-order valence-electron chi connectivity index (χ3n) is 4.98. The molecular formula is C19H24N2O4. The molecule has 0 spiro atoms. The molecule has 6 nitrogen and oxygen atoms in total. The van der Waals surface area contributed by atoms with Gasteiger partial charge in [0.15, 0.2) is 0 Å². The van der Waals surface area contributed by atoms with Crippen LogP contribution in [0.5, 0.6) is 5.75 Å². The van der Waals surface area contributed by atoms with E-state index in [1.54, 1.807) is 26.2 Å². The number of hydrogen-bond donors (Lipinski definition) is 2. The summed E-state index contributed by atoms with van der Waals surface area (Å²) in [6, 6.07) is 6.43. The Balaban J connectivity index is 1.87. The lowest BCUT2D eigenvalue weighted by molar-refractivity contribution is -0.146. The van der Waals surface area contributed by atoms with Gasteiger partial charge in [0.25, 0.3) is 0 Å². The zero-order chi connectivity index (χ0) is 18.0. The molecule has 1 saturated carbocycles. The van der Waals surface area contributed by atoms with Gasteiger partial charge in [0, 0.05) is 5.70 Å². The molecule has 1 aromatic rings. The minimum atomic E-state index is -0.538. The van der Waals surface area contributed by atoms with Gasteiger partial charge in [-0.15, -0.1) is 0 Å². The summed E-state index contributed by atoms with van der Waals surface area (Å²) < 4.78 is 10.9. The Morgan fingerprint density at radius 1 is 1.20 bits per heavy atom. The monoisotopic (exact) mass is 344 g/mol. The summed E-state index contributed by atoms with van der Waals surface area (Å²) in [6.07, 6.45) is 2.99. The number of carbonyl (C=O) groups is 2. The number of urea groups is 1. The highest BCUT2D eigenvalue weighted by Crippen LogP contribution is 2.32. The van der Waals surface area contributed by atoms with Crippen molar-refractivity contribution in [3.8, 4) is 5.75 Å². The van der Waals surface area contributed by atoms with E-state index in [1.165, 1.54) is 0 Å². The standard InChI is InChI=1S/C19H24N2O4/c1-11-5-4-6-15(11)25-18(22)16-12(2)20-19(23)21-17(16)13-7-9-14(24-3)10-8-13/h7-11,15,17H,4-6H2,1-3H3,(H2,20,21,23)/t11-,15-,17-/m1/s1. The van der Waals surface area contributed by atoms with Crippen LogP contribution in [0.4, 0.5) is 4.79 Å². The van der Waals surface area contributed by atoms with Crippen molar-refractivity contribution in [2.24, 2.45) is 5.92 Å². The molecule has 0 unspecified atom stereocenters. The Hall–Kier alpha value is -2.50. The van der Waals surface area contributed by atoms with Crippen molar-refractivity contribution in [3.63, 3.8) is 0 Å². The quantitative estimate of drug-likeness (QED) is 0.823. The summed E-state index contributed by atoms with van der Waals surface area (Å²) in [5.41, 5.74) is 1.78. The van der Waals surface area contributed by atoms with Crippen LogP contribution in [0.2, 0.25) is 0 Å². The number of amides is 2. The van der Waals surface area contributed by atoms with Gasteiger partial charge in [-0.1, -0.05) is 19.1 Å². The number of carbonyl (C=O) groups excluding carboxylic acids is 2. The fourth-order valence-corrected chi connectivity index (χ4v) is 3.50. The lowest BCUT2D eigenvalue weighted by Crippen LogP contribution is -2.45. The van der Waals surface area contributed by atoms with E-state index in [9.17, 15) is 9.59 Å². The van der Waals surface area contributed by atoms with Crippen LogP contribution in [0.25, 0.3) is 0 Å². The van der Waals surface area contributed by atoms with E-state index < -0.39 is 6.04 Å².